The van der Waals surface area contributed by atoms with E-state index in [1.54, 1.807) is 22.3 Å². The van der Waals surface area contributed by atoms with Crippen LogP contribution in [-0.2, 0) is 20.0 Å². The average Bonchev–Trinajstić information content (AvgIpc) is 3.59. The van der Waals surface area contributed by atoms with Gasteiger partial charge in [0, 0.05) is 0 Å². The first-order valence-electron chi connectivity index (χ1n) is 17.4. The van der Waals surface area contributed by atoms with Gasteiger partial charge < -0.3 is 0 Å². The van der Waals surface area contributed by atoms with Gasteiger partial charge in [-0.2, -0.15) is 0 Å². The van der Waals surface area contributed by atoms with Crippen LogP contribution in [0.5, 0.6) is 0 Å². The molecular formula is C43H50HfSi. The number of aryl methyl sites for hydroxylation is 4. The molecule has 0 bridgehead atoms. The van der Waals surface area contributed by atoms with Crippen LogP contribution < -0.4 is 0 Å². The standard InChI is InChI=1S/C41H44Si.2CH3.Hf/c1-7-8-9-10-17-42(6,36-24-32-13-11-15-38(40(32)26-36)34-20-28(2)18-29(3)21-34)37-25-33-14-12-16-39(41(33)27-37)35-22-30(4)19-31(5)23-35;;;/h11-16,18-27H,7-10,17H2,1-6H3;2*1H3;. The quantitative estimate of drug-likeness (QED) is 0.130. The third kappa shape index (κ3) is 5.10. The Balaban J connectivity index is 1.44. The molecule has 3 aliphatic rings. The van der Waals surface area contributed by atoms with E-state index in [0.717, 1.165) is 0 Å². The van der Waals surface area contributed by atoms with Crippen molar-refractivity contribution in [1.82, 2.24) is 0 Å². The zero-order valence-electron chi connectivity index (χ0n) is 28.8. The molecule has 1 saturated heterocycles. The summed E-state index contributed by atoms with van der Waals surface area (Å²) in [4.78, 5) is 0. The zero-order chi connectivity index (χ0) is 31.7. The fourth-order valence-corrected chi connectivity index (χ4v) is 42.1. The van der Waals surface area contributed by atoms with E-state index < -0.39 is 28.0 Å². The molecule has 7 rings (SSSR count). The van der Waals surface area contributed by atoms with Gasteiger partial charge in [-0.3, -0.25) is 0 Å². The van der Waals surface area contributed by atoms with Crippen molar-refractivity contribution in [3.63, 3.8) is 0 Å². The Labute approximate surface area is 278 Å². The van der Waals surface area contributed by atoms with Crippen LogP contribution >= 0.6 is 0 Å². The van der Waals surface area contributed by atoms with Crippen molar-refractivity contribution < 1.29 is 20.0 Å². The predicted molar refractivity (Wildman–Crippen MR) is 196 cm³/mol. The Hall–Kier alpha value is -2.55. The predicted octanol–water partition coefficient (Wildman–Crippen LogP) is 12.8. The fraction of sp³-hybridized carbons (Fsp3) is 0.349. The molecule has 2 aliphatic carbocycles. The second-order valence-corrected chi connectivity index (χ2v) is 37.0. The summed E-state index contributed by atoms with van der Waals surface area (Å²) in [5.41, 5.74) is 17.5. The molecule has 0 radical (unpaired) electrons. The molecule has 4 aromatic rings. The molecule has 2 atom stereocenters. The normalized spacial score (nSPS) is 22.3. The Morgan fingerprint density at radius 1 is 0.600 bits per heavy atom. The first-order chi connectivity index (χ1) is 21.5. The molecule has 1 aliphatic heterocycles. The van der Waals surface area contributed by atoms with Crippen LogP contribution in [-0.4, -0.2) is 8.07 Å². The van der Waals surface area contributed by atoms with Gasteiger partial charge in [-0.05, 0) is 0 Å². The average molecular weight is 773 g/mol. The van der Waals surface area contributed by atoms with Crippen molar-refractivity contribution in [3.8, 4) is 22.3 Å². The van der Waals surface area contributed by atoms with Crippen LogP contribution in [0.25, 0.3) is 34.4 Å². The molecule has 0 saturated carbocycles. The van der Waals surface area contributed by atoms with E-state index in [2.05, 4.69) is 135 Å². The number of hydrogen-bond acceptors (Lipinski definition) is 0. The Bertz CT molecular complexity index is 1720. The summed E-state index contributed by atoms with van der Waals surface area (Å²) in [7, 11) is -1.94. The minimum absolute atomic E-state index is 0.680. The number of rotatable bonds is 7. The molecule has 2 heteroatoms. The van der Waals surface area contributed by atoms with E-state index >= 15 is 0 Å². The van der Waals surface area contributed by atoms with Gasteiger partial charge in [0.05, 0.1) is 0 Å². The monoisotopic (exact) mass is 774 g/mol. The summed E-state index contributed by atoms with van der Waals surface area (Å²) in [5, 5.41) is 3.78. The molecule has 0 nitrogen and oxygen atoms in total. The van der Waals surface area contributed by atoms with E-state index in [1.165, 1.54) is 76.2 Å². The number of unbranched alkanes of at least 4 members (excludes halogenated alkanes) is 3. The second kappa shape index (κ2) is 11.6. The first-order valence-corrected chi connectivity index (χ1v) is 31.4. The molecular weight excluding hydrogens is 723 g/mol. The van der Waals surface area contributed by atoms with Crippen LogP contribution in [0.1, 0.15) is 84.5 Å². The van der Waals surface area contributed by atoms with E-state index in [9.17, 15) is 0 Å². The van der Waals surface area contributed by atoms with Gasteiger partial charge in [0.25, 0.3) is 0 Å². The SMILES string of the molecule is CCCCCC[Si]1(C)C2=Cc3c(-c4cc(C)cc(C)c4)cccc3[CH]2[Hf]([CH3])([CH3])[CH]2C1=Cc1c(-c3cc(C)cc(C)c3)cccc12. The Morgan fingerprint density at radius 2 is 1.04 bits per heavy atom. The molecule has 230 valence electrons. The van der Waals surface area contributed by atoms with E-state index in [0.29, 0.717) is 7.35 Å². The van der Waals surface area contributed by atoms with Crippen molar-refractivity contribution >= 4 is 20.2 Å². The Kier molecular flexibility index (Phi) is 8.01. The molecule has 0 aromatic heterocycles. The molecule has 0 N–H and O–H groups in total. The summed E-state index contributed by atoms with van der Waals surface area (Å²) in [5.74, 6) is 0. The molecule has 0 amide bonds. The number of hydrogen-bond donors (Lipinski definition) is 0. The topological polar surface area (TPSA) is 0 Å². The third-order valence-electron chi connectivity index (χ3n) is 11.5. The van der Waals surface area contributed by atoms with Gasteiger partial charge in [0.15, 0.2) is 0 Å². The number of allylic oxidation sites excluding steroid dienone is 2. The van der Waals surface area contributed by atoms with Gasteiger partial charge in [-0.1, -0.05) is 0 Å². The van der Waals surface area contributed by atoms with Crippen LogP contribution in [0.2, 0.25) is 22.0 Å². The van der Waals surface area contributed by atoms with Gasteiger partial charge >= 0.3 is 280 Å². The van der Waals surface area contributed by atoms with Crippen molar-refractivity contribution in [2.75, 3.05) is 0 Å². The maximum atomic E-state index is 2.81. The van der Waals surface area contributed by atoms with Crippen LogP contribution in [0.15, 0.2) is 83.2 Å². The van der Waals surface area contributed by atoms with Crippen LogP contribution in [0, 0.1) is 27.7 Å². The Morgan fingerprint density at radius 3 is 1.47 bits per heavy atom. The van der Waals surface area contributed by atoms with Gasteiger partial charge in [0.2, 0.25) is 0 Å². The molecule has 4 aromatic carbocycles. The van der Waals surface area contributed by atoms with Crippen molar-refractivity contribution in [2.45, 2.75) is 89.6 Å². The van der Waals surface area contributed by atoms with Gasteiger partial charge in [-0.25, -0.2) is 0 Å². The van der Waals surface area contributed by atoms with Crippen molar-refractivity contribution in [2.24, 2.45) is 0 Å². The second-order valence-electron chi connectivity index (χ2n) is 15.4. The first kappa shape index (κ1) is 31.1. The maximum absolute atomic E-state index is 3.07. The third-order valence-corrected chi connectivity index (χ3v) is 33.5. The zero-order valence-corrected chi connectivity index (χ0v) is 33.4. The van der Waals surface area contributed by atoms with Crippen LogP contribution in [0.3, 0.4) is 0 Å². The summed E-state index contributed by atoms with van der Waals surface area (Å²) < 4.78 is 6.98. The number of fused-ring (bicyclic) bond motifs is 6. The van der Waals surface area contributed by atoms with Crippen LogP contribution in [0.4, 0.5) is 0 Å². The van der Waals surface area contributed by atoms with Crippen molar-refractivity contribution in [3.05, 3.63) is 128 Å². The minimum atomic E-state index is -3.07. The summed E-state index contributed by atoms with van der Waals surface area (Å²) in [6, 6.07) is 30.2. The number of benzene rings is 4. The molecule has 2 unspecified atom stereocenters. The molecule has 0 spiro atoms. The molecule has 45 heavy (non-hydrogen) atoms. The van der Waals surface area contributed by atoms with Crippen molar-refractivity contribution in [1.29, 1.82) is 0 Å². The van der Waals surface area contributed by atoms with E-state index in [1.807, 2.05) is 10.4 Å². The van der Waals surface area contributed by atoms with E-state index in [-0.39, 0.29) is 0 Å². The molecule has 1 fully saturated rings. The fourth-order valence-electron chi connectivity index (χ4n) is 9.65. The molecule has 1 heterocycles. The van der Waals surface area contributed by atoms with E-state index in [4.69, 9.17) is 0 Å². The summed E-state index contributed by atoms with van der Waals surface area (Å²) >= 11 is -3.07. The van der Waals surface area contributed by atoms with Gasteiger partial charge in [0.1, 0.15) is 0 Å². The van der Waals surface area contributed by atoms with Gasteiger partial charge in [-0.15, -0.1) is 0 Å². The summed E-state index contributed by atoms with van der Waals surface area (Å²) in [6.45, 7) is 14.1. The summed E-state index contributed by atoms with van der Waals surface area (Å²) in [6.07, 6.45) is 10.9.